The van der Waals surface area contributed by atoms with Gasteiger partial charge in [0.15, 0.2) is 0 Å². The highest BCUT2D eigenvalue weighted by atomic mass is 32.1. The van der Waals surface area contributed by atoms with E-state index >= 15 is 0 Å². The third-order valence-corrected chi connectivity index (χ3v) is 4.42. The van der Waals surface area contributed by atoms with Crippen LogP contribution in [0.25, 0.3) is 17.1 Å². The van der Waals surface area contributed by atoms with E-state index in [1.54, 1.807) is 11.5 Å². The minimum absolute atomic E-state index is 0.813. The first kappa shape index (κ1) is 14.4. The van der Waals surface area contributed by atoms with Crippen LogP contribution in [0.15, 0.2) is 78.9 Å². The zero-order valence-corrected chi connectivity index (χ0v) is 13.6. The van der Waals surface area contributed by atoms with Crippen molar-refractivity contribution in [2.45, 2.75) is 0 Å². The highest BCUT2D eigenvalue weighted by molar-refractivity contribution is 7.06. The molecule has 1 heterocycles. The third kappa shape index (κ3) is 2.98. The summed E-state index contributed by atoms with van der Waals surface area (Å²) in [6, 6.07) is 32.1. The fraction of sp³-hybridized carbons (Fsp3) is 0. The van der Waals surface area contributed by atoms with Gasteiger partial charge >= 0.3 is 11.0 Å². The largest absolute Gasteiger partial charge is 0.350 e. The molecule has 1 N–H and O–H groups in total. The van der Waals surface area contributed by atoms with E-state index in [1.165, 1.54) is 0 Å². The maximum Gasteiger partial charge on any atom is 0.350 e. The monoisotopic (exact) mass is 328 g/mol. The highest BCUT2D eigenvalue weighted by Gasteiger charge is 2.24. The van der Waals surface area contributed by atoms with Crippen LogP contribution in [0.1, 0.15) is 0 Å². The van der Waals surface area contributed by atoms with Crippen molar-refractivity contribution in [1.82, 2.24) is 4.98 Å². The molecule has 0 atom stereocenters. The minimum atomic E-state index is 0.813. The summed E-state index contributed by atoms with van der Waals surface area (Å²) in [5.74, 6) is 0.911. The van der Waals surface area contributed by atoms with E-state index in [4.69, 9.17) is 4.98 Å². The Morgan fingerprint density at radius 3 is 2.33 bits per heavy atom. The topological polar surface area (TPSA) is 28.8 Å². The molecule has 0 aliphatic carbocycles. The first-order valence-corrected chi connectivity index (χ1v) is 8.37. The van der Waals surface area contributed by atoms with Crippen LogP contribution in [-0.4, -0.2) is 4.98 Å². The predicted molar refractivity (Wildman–Crippen MR) is 96.5 cm³/mol. The molecule has 4 heteroatoms. The normalized spacial score (nSPS) is 10.2. The van der Waals surface area contributed by atoms with E-state index in [-0.39, 0.29) is 0 Å². The van der Waals surface area contributed by atoms with E-state index < -0.39 is 0 Å². The number of nitrogens with zero attached hydrogens (tertiary/aromatic N) is 2. The minimum Gasteiger partial charge on any atom is -0.300 e. The molecule has 0 amide bonds. The Kier molecular flexibility index (Phi) is 3.93. The van der Waals surface area contributed by atoms with Crippen LogP contribution in [0.3, 0.4) is 0 Å². The van der Waals surface area contributed by atoms with Crippen molar-refractivity contribution < 1.29 is 3.96 Å². The zero-order valence-electron chi connectivity index (χ0n) is 12.8. The Hall–Kier alpha value is -3.16. The smallest absolute Gasteiger partial charge is 0.300 e. The number of hydrogen-bond donors (Lipinski definition) is 1. The summed E-state index contributed by atoms with van der Waals surface area (Å²) in [5.41, 5.74) is 3.02. The second-order valence-electron chi connectivity index (χ2n) is 5.16. The molecular formula is C20H14N3S+. The van der Waals surface area contributed by atoms with Crippen molar-refractivity contribution in [3.05, 3.63) is 91.0 Å². The number of benzene rings is 2. The standard InChI is InChI=1S/C20H13N3S/c1-4-10-16(11-5-1)19-22-20(21-17-12-6-2-7-13-17)24-23(19)18-14-8-3-9-15-18/h1-6,8-12,14-15H/p+1. The van der Waals surface area contributed by atoms with Gasteiger partial charge in [0.25, 0.3) is 0 Å². The molecule has 0 unspecified atom stereocenters. The van der Waals surface area contributed by atoms with Gasteiger partial charge in [-0.3, -0.25) is 0 Å². The Morgan fingerprint density at radius 2 is 1.62 bits per heavy atom. The van der Waals surface area contributed by atoms with Crippen LogP contribution in [0.5, 0.6) is 0 Å². The molecule has 0 radical (unpaired) electrons. The summed E-state index contributed by atoms with van der Waals surface area (Å²) in [6.45, 7) is 0. The van der Waals surface area contributed by atoms with Gasteiger partial charge in [-0.05, 0) is 47.4 Å². The molecule has 3 aromatic carbocycles. The molecule has 0 saturated carbocycles. The van der Waals surface area contributed by atoms with Gasteiger partial charge < -0.3 is 5.32 Å². The van der Waals surface area contributed by atoms with Gasteiger partial charge in [0, 0.05) is 0 Å². The lowest BCUT2D eigenvalue weighted by molar-refractivity contribution is -0.509. The lowest BCUT2D eigenvalue weighted by atomic mass is 10.2. The van der Waals surface area contributed by atoms with Gasteiger partial charge in [0.1, 0.15) is 17.2 Å². The Balaban J connectivity index is 1.79. The van der Waals surface area contributed by atoms with E-state index in [0.29, 0.717) is 0 Å². The van der Waals surface area contributed by atoms with Gasteiger partial charge in [-0.1, -0.05) is 48.5 Å². The van der Waals surface area contributed by atoms with Gasteiger partial charge in [-0.2, -0.15) is 0 Å². The fourth-order valence-corrected chi connectivity index (χ4v) is 3.31. The van der Waals surface area contributed by atoms with Crippen LogP contribution in [0, 0.1) is 12.1 Å². The van der Waals surface area contributed by atoms with Crippen LogP contribution in [-0.2, 0) is 0 Å². The number of para-hydroxylation sites is 1. The van der Waals surface area contributed by atoms with Crippen molar-refractivity contribution in [3.8, 4) is 17.1 Å². The van der Waals surface area contributed by atoms with Crippen molar-refractivity contribution in [2.24, 2.45) is 0 Å². The summed E-state index contributed by atoms with van der Waals surface area (Å²) in [4.78, 5) is 4.79. The second kappa shape index (κ2) is 6.53. The van der Waals surface area contributed by atoms with Gasteiger partial charge in [0.2, 0.25) is 0 Å². The Morgan fingerprint density at radius 1 is 0.875 bits per heavy atom. The fourth-order valence-electron chi connectivity index (χ4n) is 2.39. The molecular weight excluding hydrogens is 314 g/mol. The molecule has 0 spiro atoms. The SMILES string of the molecule is c1cccc(Nc2nc(-c3ccccc3)[n+](-c3ccccc3)s2)c#1. The highest BCUT2D eigenvalue weighted by Crippen LogP contribution is 2.23. The quantitative estimate of drug-likeness (QED) is 0.561. The summed E-state index contributed by atoms with van der Waals surface area (Å²) in [7, 11) is 0. The molecule has 1 aromatic heterocycles. The number of rotatable bonds is 4. The average Bonchev–Trinajstić information content (AvgIpc) is 3.08. The van der Waals surface area contributed by atoms with Crippen LogP contribution in [0.2, 0.25) is 0 Å². The number of anilines is 2. The summed E-state index contributed by atoms with van der Waals surface area (Å²) < 4.78 is 2.13. The van der Waals surface area contributed by atoms with E-state index in [2.05, 4.69) is 45.7 Å². The Labute approximate surface area is 145 Å². The number of aromatic nitrogens is 2. The lowest BCUT2D eigenvalue weighted by Gasteiger charge is -1.96. The van der Waals surface area contributed by atoms with E-state index in [1.807, 2.05) is 54.6 Å². The first-order valence-electron chi connectivity index (χ1n) is 7.60. The van der Waals surface area contributed by atoms with Gasteiger partial charge in [-0.25, -0.2) is 0 Å². The maximum absolute atomic E-state index is 4.79. The van der Waals surface area contributed by atoms with Crippen molar-refractivity contribution >= 4 is 22.4 Å². The van der Waals surface area contributed by atoms with Gasteiger partial charge in [-0.15, -0.1) is 3.96 Å². The van der Waals surface area contributed by atoms with Crippen LogP contribution in [0.4, 0.5) is 10.8 Å². The molecule has 24 heavy (non-hydrogen) atoms. The molecule has 0 saturated heterocycles. The second-order valence-corrected chi connectivity index (χ2v) is 6.10. The van der Waals surface area contributed by atoms with Crippen LogP contribution < -0.4 is 9.27 Å². The van der Waals surface area contributed by atoms with E-state index in [9.17, 15) is 0 Å². The molecule has 3 nitrogen and oxygen atoms in total. The molecule has 4 rings (SSSR count). The lowest BCUT2D eigenvalue weighted by Crippen LogP contribution is -2.27. The van der Waals surface area contributed by atoms with Gasteiger partial charge in [0.05, 0.1) is 11.3 Å². The van der Waals surface area contributed by atoms with E-state index in [0.717, 1.165) is 27.9 Å². The molecule has 4 aromatic rings. The predicted octanol–water partition coefficient (Wildman–Crippen LogP) is 4.43. The number of hydrogen-bond acceptors (Lipinski definition) is 3. The van der Waals surface area contributed by atoms with Crippen LogP contribution >= 0.6 is 11.5 Å². The first-order chi connectivity index (χ1) is 11.9. The molecule has 0 fully saturated rings. The Bertz CT molecular complexity index is 862. The third-order valence-electron chi connectivity index (χ3n) is 3.49. The van der Waals surface area contributed by atoms with Crippen molar-refractivity contribution in [1.29, 1.82) is 0 Å². The average molecular weight is 328 g/mol. The summed E-state index contributed by atoms with van der Waals surface area (Å²) in [5, 5.41) is 4.12. The van der Waals surface area contributed by atoms with Crippen molar-refractivity contribution in [2.75, 3.05) is 5.32 Å². The molecule has 0 aliphatic rings. The summed E-state index contributed by atoms with van der Waals surface area (Å²) in [6.07, 6.45) is 0. The number of nitrogens with one attached hydrogen (secondary N) is 1. The zero-order chi connectivity index (χ0) is 16.2. The maximum atomic E-state index is 4.79. The van der Waals surface area contributed by atoms with Crippen molar-refractivity contribution in [3.63, 3.8) is 0 Å². The molecule has 114 valence electrons. The summed E-state index contributed by atoms with van der Waals surface area (Å²) >= 11 is 1.56. The molecule has 0 aliphatic heterocycles. The molecule has 0 bridgehead atoms.